The molecular formula is C14H17N3O3. The molecule has 0 spiro atoms. The topological polar surface area (TPSA) is 78.5 Å². The Bertz CT molecular complexity index is 610. The van der Waals surface area contributed by atoms with Crippen molar-refractivity contribution >= 4 is 17.0 Å². The van der Waals surface area contributed by atoms with E-state index in [0.29, 0.717) is 13.2 Å². The average molecular weight is 275 g/mol. The van der Waals surface area contributed by atoms with Crippen molar-refractivity contribution in [2.75, 3.05) is 19.7 Å². The Morgan fingerprint density at radius 3 is 3.35 bits per heavy atom. The van der Waals surface area contributed by atoms with Crippen molar-refractivity contribution in [3.05, 3.63) is 30.1 Å². The zero-order chi connectivity index (χ0) is 13.9. The third-order valence-corrected chi connectivity index (χ3v) is 3.56. The van der Waals surface area contributed by atoms with Gasteiger partial charge in [-0.05, 0) is 17.7 Å². The number of nitrogens with zero attached hydrogens (tertiary/aromatic N) is 2. The van der Waals surface area contributed by atoms with Crippen LogP contribution < -0.4 is 0 Å². The molecule has 106 valence electrons. The first-order valence-electron chi connectivity index (χ1n) is 6.69. The fraction of sp³-hybridized carbons (Fsp3) is 0.429. The van der Waals surface area contributed by atoms with E-state index in [1.807, 2.05) is 18.3 Å². The number of H-pyrrole nitrogens is 1. The van der Waals surface area contributed by atoms with Crippen molar-refractivity contribution in [2.24, 2.45) is 0 Å². The summed E-state index contributed by atoms with van der Waals surface area (Å²) in [6.07, 6.45) is 3.58. The number of aromatic nitrogens is 2. The molecule has 1 unspecified atom stereocenters. The summed E-state index contributed by atoms with van der Waals surface area (Å²) in [6.45, 7) is 2.84. The highest BCUT2D eigenvalue weighted by Crippen LogP contribution is 2.19. The lowest BCUT2D eigenvalue weighted by molar-refractivity contribution is -0.142. The molecule has 1 fully saturated rings. The van der Waals surface area contributed by atoms with Crippen LogP contribution in [-0.2, 0) is 16.1 Å². The monoisotopic (exact) mass is 275 g/mol. The van der Waals surface area contributed by atoms with Crippen LogP contribution in [0.1, 0.15) is 12.0 Å². The smallest absolute Gasteiger partial charge is 0.306 e. The number of rotatable bonds is 4. The molecule has 0 bridgehead atoms. The van der Waals surface area contributed by atoms with E-state index in [1.165, 1.54) is 5.56 Å². The summed E-state index contributed by atoms with van der Waals surface area (Å²) in [6, 6.07) is 3.97. The number of morpholine rings is 1. The van der Waals surface area contributed by atoms with E-state index >= 15 is 0 Å². The van der Waals surface area contributed by atoms with Crippen molar-refractivity contribution in [3.63, 3.8) is 0 Å². The zero-order valence-corrected chi connectivity index (χ0v) is 11.1. The molecule has 1 aliphatic heterocycles. The van der Waals surface area contributed by atoms with Gasteiger partial charge in [0, 0.05) is 37.4 Å². The predicted molar refractivity (Wildman–Crippen MR) is 73.4 cm³/mol. The van der Waals surface area contributed by atoms with Gasteiger partial charge < -0.3 is 14.8 Å². The number of ether oxygens (including phenoxy) is 1. The second-order valence-electron chi connectivity index (χ2n) is 5.04. The van der Waals surface area contributed by atoms with Crippen LogP contribution in [0.5, 0.6) is 0 Å². The number of pyridine rings is 1. The van der Waals surface area contributed by atoms with E-state index < -0.39 is 5.97 Å². The Labute approximate surface area is 116 Å². The lowest BCUT2D eigenvalue weighted by Crippen LogP contribution is -2.42. The van der Waals surface area contributed by atoms with Crippen molar-refractivity contribution in [3.8, 4) is 0 Å². The van der Waals surface area contributed by atoms with Crippen molar-refractivity contribution < 1.29 is 14.6 Å². The number of nitrogens with one attached hydrogen (secondary N) is 1. The second-order valence-corrected chi connectivity index (χ2v) is 5.04. The van der Waals surface area contributed by atoms with Gasteiger partial charge >= 0.3 is 5.97 Å². The van der Waals surface area contributed by atoms with Crippen LogP contribution in [0.25, 0.3) is 11.0 Å². The van der Waals surface area contributed by atoms with Gasteiger partial charge in [-0.25, -0.2) is 4.98 Å². The molecule has 0 aromatic carbocycles. The van der Waals surface area contributed by atoms with Crippen LogP contribution in [0.4, 0.5) is 0 Å². The third-order valence-electron chi connectivity index (χ3n) is 3.56. The molecule has 0 radical (unpaired) electrons. The highest BCUT2D eigenvalue weighted by molar-refractivity contribution is 5.79. The van der Waals surface area contributed by atoms with Crippen LogP contribution in [-0.4, -0.2) is 51.7 Å². The summed E-state index contributed by atoms with van der Waals surface area (Å²) in [5.74, 6) is -0.812. The fourth-order valence-electron chi connectivity index (χ4n) is 2.63. The van der Waals surface area contributed by atoms with Crippen LogP contribution in [0, 0.1) is 0 Å². The van der Waals surface area contributed by atoms with Gasteiger partial charge in [0.2, 0.25) is 0 Å². The maximum absolute atomic E-state index is 10.8. The Morgan fingerprint density at radius 2 is 2.50 bits per heavy atom. The van der Waals surface area contributed by atoms with Gasteiger partial charge in [-0.15, -0.1) is 0 Å². The van der Waals surface area contributed by atoms with Crippen LogP contribution in [0.2, 0.25) is 0 Å². The molecule has 3 heterocycles. The SMILES string of the molecule is O=C(O)CC1CN(Cc2c[nH]c3ncccc23)CCO1. The Morgan fingerprint density at radius 1 is 1.60 bits per heavy atom. The highest BCUT2D eigenvalue weighted by atomic mass is 16.5. The van der Waals surface area contributed by atoms with Crippen LogP contribution in [0.15, 0.2) is 24.5 Å². The number of hydrogen-bond donors (Lipinski definition) is 2. The fourth-order valence-corrected chi connectivity index (χ4v) is 2.63. The normalized spacial score (nSPS) is 20.3. The molecule has 0 aliphatic carbocycles. The first-order valence-corrected chi connectivity index (χ1v) is 6.69. The molecular weight excluding hydrogens is 258 g/mol. The molecule has 1 saturated heterocycles. The molecule has 2 N–H and O–H groups in total. The second kappa shape index (κ2) is 5.60. The minimum absolute atomic E-state index is 0.0614. The number of aromatic amines is 1. The minimum Gasteiger partial charge on any atom is -0.481 e. The van der Waals surface area contributed by atoms with Crippen molar-refractivity contribution in [1.82, 2.24) is 14.9 Å². The van der Waals surface area contributed by atoms with Gasteiger partial charge in [0.1, 0.15) is 5.65 Å². The number of hydrogen-bond acceptors (Lipinski definition) is 4. The lowest BCUT2D eigenvalue weighted by Gasteiger charge is -2.32. The maximum atomic E-state index is 10.8. The van der Waals surface area contributed by atoms with Crippen molar-refractivity contribution in [2.45, 2.75) is 19.1 Å². The Balaban J connectivity index is 1.69. The molecule has 3 rings (SSSR count). The minimum atomic E-state index is -0.812. The molecule has 2 aromatic rings. The first-order chi connectivity index (χ1) is 9.72. The number of carboxylic acid groups (broad SMARTS) is 1. The van der Waals surface area contributed by atoms with Crippen LogP contribution in [0.3, 0.4) is 0 Å². The molecule has 2 aromatic heterocycles. The maximum Gasteiger partial charge on any atom is 0.306 e. The third kappa shape index (κ3) is 2.81. The van der Waals surface area contributed by atoms with E-state index in [1.54, 1.807) is 6.20 Å². The predicted octanol–water partition coefficient (Wildman–Crippen LogP) is 1.24. The van der Waals surface area contributed by atoms with E-state index in [-0.39, 0.29) is 12.5 Å². The van der Waals surface area contributed by atoms with Crippen LogP contribution >= 0.6 is 0 Å². The zero-order valence-electron chi connectivity index (χ0n) is 11.1. The largest absolute Gasteiger partial charge is 0.481 e. The number of carboxylic acids is 1. The summed E-state index contributed by atoms with van der Waals surface area (Å²) < 4.78 is 5.48. The average Bonchev–Trinajstić information content (AvgIpc) is 2.82. The van der Waals surface area contributed by atoms with E-state index in [9.17, 15) is 4.79 Å². The van der Waals surface area contributed by atoms with Gasteiger partial charge in [0.25, 0.3) is 0 Å². The standard InChI is InChI=1S/C14H17N3O3/c18-13(19)6-11-9-17(4-5-20-11)8-10-7-16-14-12(10)2-1-3-15-14/h1-3,7,11H,4-6,8-9H2,(H,15,16)(H,18,19). The molecule has 1 atom stereocenters. The molecule has 6 nitrogen and oxygen atoms in total. The van der Waals surface area contributed by atoms with Gasteiger partial charge in [-0.2, -0.15) is 0 Å². The quantitative estimate of drug-likeness (QED) is 0.877. The van der Waals surface area contributed by atoms with Crippen molar-refractivity contribution in [1.29, 1.82) is 0 Å². The van der Waals surface area contributed by atoms with Gasteiger partial charge in [0.15, 0.2) is 0 Å². The molecule has 0 amide bonds. The number of aliphatic carboxylic acids is 1. The summed E-state index contributed by atoms with van der Waals surface area (Å²) in [5, 5.41) is 9.96. The first kappa shape index (κ1) is 13.1. The van der Waals surface area contributed by atoms with Gasteiger partial charge in [-0.1, -0.05) is 0 Å². The van der Waals surface area contributed by atoms with Gasteiger partial charge in [-0.3, -0.25) is 9.69 Å². The summed E-state index contributed by atoms with van der Waals surface area (Å²) in [7, 11) is 0. The summed E-state index contributed by atoms with van der Waals surface area (Å²) >= 11 is 0. The molecule has 0 saturated carbocycles. The molecule has 1 aliphatic rings. The highest BCUT2D eigenvalue weighted by Gasteiger charge is 2.23. The van der Waals surface area contributed by atoms with E-state index in [0.717, 1.165) is 24.1 Å². The summed E-state index contributed by atoms with van der Waals surface area (Å²) in [4.78, 5) is 20.4. The number of fused-ring (bicyclic) bond motifs is 1. The van der Waals surface area contributed by atoms with E-state index in [2.05, 4.69) is 14.9 Å². The molecule has 6 heteroatoms. The van der Waals surface area contributed by atoms with Gasteiger partial charge in [0.05, 0.1) is 19.1 Å². The molecule has 20 heavy (non-hydrogen) atoms. The Hall–Kier alpha value is -1.92. The van der Waals surface area contributed by atoms with E-state index in [4.69, 9.17) is 9.84 Å². The lowest BCUT2D eigenvalue weighted by atomic mass is 10.1. The number of carbonyl (C=O) groups is 1. The Kier molecular flexibility index (Phi) is 3.66. The summed E-state index contributed by atoms with van der Waals surface area (Å²) in [5.41, 5.74) is 2.07.